The molecule has 0 radical (unpaired) electrons. The maximum absolute atomic E-state index is 12.2. The number of nitrogens with one attached hydrogen (secondary N) is 1. The van der Waals surface area contributed by atoms with Crippen molar-refractivity contribution in [3.05, 3.63) is 53.6 Å². The number of carbonyl (C=O) groups excluding carboxylic acids is 1. The molecule has 2 rings (SSSR count). The number of benzene rings is 2. The standard InChI is InChI=1S/C21H27NO4/c1-15(22-21(23)12-16-8-6-5-7-9-16)10-11-17-13-19(25-3)20(26-4)14-18(17)24-2/h5-9,13-15H,10-12H2,1-4H3,(H,22,23)/t15-/m0/s1. The largest absolute Gasteiger partial charge is 0.496 e. The van der Waals surface area contributed by atoms with Crippen LogP contribution >= 0.6 is 0 Å². The SMILES string of the molecule is COc1cc(OC)c(OC)cc1CC[C@H](C)NC(=O)Cc1ccccc1. The van der Waals surface area contributed by atoms with Crippen molar-refractivity contribution in [1.82, 2.24) is 5.32 Å². The number of ether oxygens (including phenoxy) is 3. The molecule has 2 aromatic carbocycles. The van der Waals surface area contributed by atoms with Crippen LogP contribution in [0.1, 0.15) is 24.5 Å². The Morgan fingerprint density at radius 1 is 0.962 bits per heavy atom. The van der Waals surface area contributed by atoms with Crippen LogP contribution in [0.5, 0.6) is 17.2 Å². The van der Waals surface area contributed by atoms with Gasteiger partial charge >= 0.3 is 0 Å². The van der Waals surface area contributed by atoms with Crippen molar-refractivity contribution in [2.45, 2.75) is 32.2 Å². The Labute approximate surface area is 155 Å². The van der Waals surface area contributed by atoms with Crippen molar-refractivity contribution in [3.63, 3.8) is 0 Å². The zero-order valence-corrected chi connectivity index (χ0v) is 15.9. The third kappa shape index (κ3) is 5.41. The molecule has 0 aliphatic rings. The second-order valence-corrected chi connectivity index (χ2v) is 6.19. The van der Waals surface area contributed by atoms with Crippen molar-refractivity contribution in [3.8, 4) is 17.2 Å². The van der Waals surface area contributed by atoms with Crippen molar-refractivity contribution < 1.29 is 19.0 Å². The molecule has 1 atom stereocenters. The zero-order chi connectivity index (χ0) is 18.9. The first-order valence-corrected chi connectivity index (χ1v) is 8.69. The Hall–Kier alpha value is -2.69. The Morgan fingerprint density at radius 2 is 1.58 bits per heavy atom. The van der Waals surface area contributed by atoms with Gasteiger partial charge in [0.2, 0.25) is 5.91 Å². The molecular weight excluding hydrogens is 330 g/mol. The lowest BCUT2D eigenvalue weighted by atomic mass is 10.0. The topological polar surface area (TPSA) is 56.8 Å². The Bertz CT molecular complexity index is 715. The molecule has 0 saturated heterocycles. The summed E-state index contributed by atoms with van der Waals surface area (Å²) in [6.45, 7) is 2.01. The van der Waals surface area contributed by atoms with E-state index in [1.54, 1.807) is 21.3 Å². The van der Waals surface area contributed by atoms with Crippen LogP contribution in [0.3, 0.4) is 0 Å². The maximum atomic E-state index is 12.2. The van der Waals surface area contributed by atoms with Gasteiger partial charge in [0.15, 0.2) is 11.5 Å². The van der Waals surface area contributed by atoms with Gasteiger partial charge in [-0.15, -0.1) is 0 Å². The van der Waals surface area contributed by atoms with Crippen LogP contribution in [0.4, 0.5) is 0 Å². The Morgan fingerprint density at radius 3 is 2.19 bits per heavy atom. The minimum Gasteiger partial charge on any atom is -0.496 e. The highest BCUT2D eigenvalue weighted by Gasteiger charge is 2.14. The minimum absolute atomic E-state index is 0.0305. The predicted molar refractivity (Wildman–Crippen MR) is 102 cm³/mol. The molecule has 0 aliphatic carbocycles. The summed E-state index contributed by atoms with van der Waals surface area (Å²) in [5.74, 6) is 2.09. The van der Waals surface area contributed by atoms with E-state index in [0.29, 0.717) is 17.9 Å². The molecule has 0 unspecified atom stereocenters. The van der Waals surface area contributed by atoms with Gasteiger partial charge in [0.05, 0.1) is 27.8 Å². The molecule has 5 nitrogen and oxygen atoms in total. The molecule has 0 heterocycles. The molecule has 2 aromatic rings. The molecule has 140 valence electrons. The first kappa shape index (κ1) is 19.6. The summed E-state index contributed by atoms with van der Waals surface area (Å²) in [5, 5.41) is 3.05. The average Bonchev–Trinajstić information content (AvgIpc) is 2.66. The second-order valence-electron chi connectivity index (χ2n) is 6.19. The predicted octanol–water partition coefficient (Wildman–Crippen LogP) is 3.39. The highest BCUT2D eigenvalue weighted by Crippen LogP contribution is 2.35. The number of carbonyl (C=O) groups is 1. The number of hydrogen-bond acceptors (Lipinski definition) is 4. The van der Waals surface area contributed by atoms with Gasteiger partial charge < -0.3 is 19.5 Å². The van der Waals surface area contributed by atoms with Gasteiger partial charge in [0, 0.05) is 12.1 Å². The summed E-state index contributed by atoms with van der Waals surface area (Å²) < 4.78 is 16.1. The highest BCUT2D eigenvalue weighted by molar-refractivity contribution is 5.78. The van der Waals surface area contributed by atoms with Crippen LogP contribution in [0.2, 0.25) is 0 Å². The molecule has 5 heteroatoms. The molecule has 0 aromatic heterocycles. The van der Waals surface area contributed by atoms with Gasteiger partial charge in [-0.25, -0.2) is 0 Å². The minimum atomic E-state index is 0.0305. The van der Waals surface area contributed by atoms with Gasteiger partial charge in [-0.3, -0.25) is 4.79 Å². The van der Waals surface area contributed by atoms with Crippen molar-refractivity contribution in [1.29, 1.82) is 0 Å². The molecule has 1 N–H and O–H groups in total. The quantitative estimate of drug-likeness (QED) is 0.747. The van der Waals surface area contributed by atoms with E-state index in [2.05, 4.69) is 5.32 Å². The summed E-state index contributed by atoms with van der Waals surface area (Å²) >= 11 is 0. The highest BCUT2D eigenvalue weighted by atomic mass is 16.5. The summed E-state index contributed by atoms with van der Waals surface area (Å²) in [4.78, 5) is 12.2. The van der Waals surface area contributed by atoms with Crippen LogP contribution in [0, 0.1) is 0 Å². The first-order chi connectivity index (χ1) is 12.6. The second kappa shape index (κ2) is 9.70. The summed E-state index contributed by atoms with van der Waals surface area (Å²) in [5.41, 5.74) is 2.04. The molecule has 1 amide bonds. The fourth-order valence-corrected chi connectivity index (χ4v) is 2.84. The zero-order valence-electron chi connectivity index (χ0n) is 15.9. The average molecular weight is 357 g/mol. The van der Waals surface area contributed by atoms with Crippen molar-refractivity contribution in [2.24, 2.45) is 0 Å². The smallest absolute Gasteiger partial charge is 0.224 e. The summed E-state index contributed by atoms with van der Waals surface area (Å²) in [6, 6.07) is 13.6. The van der Waals surface area contributed by atoms with Gasteiger partial charge in [0.1, 0.15) is 5.75 Å². The molecule has 0 spiro atoms. The number of methoxy groups -OCH3 is 3. The number of rotatable bonds is 9. The first-order valence-electron chi connectivity index (χ1n) is 8.69. The van der Waals surface area contributed by atoms with E-state index < -0.39 is 0 Å². The fourth-order valence-electron chi connectivity index (χ4n) is 2.84. The van der Waals surface area contributed by atoms with Crippen LogP contribution in [-0.4, -0.2) is 33.3 Å². The van der Waals surface area contributed by atoms with E-state index in [9.17, 15) is 4.79 Å². The fraction of sp³-hybridized carbons (Fsp3) is 0.381. The van der Waals surface area contributed by atoms with Crippen molar-refractivity contribution >= 4 is 5.91 Å². The Kier molecular flexibility index (Phi) is 7.33. The van der Waals surface area contributed by atoms with Crippen LogP contribution in [0.15, 0.2) is 42.5 Å². The van der Waals surface area contributed by atoms with E-state index in [1.807, 2.05) is 49.4 Å². The van der Waals surface area contributed by atoms with Gasteiger partial charge in [0.25, 0.3) is 0 Å². The Balaban J connectivity index is 1.94. The normalized spacial score (nSPS) is 11.5. The molecule has 0 fully saturated rings. The summed E-state index contributed by atoms with van der Waals surface area (Å²) in [7, 11) is 4.84. The van der Waals surface area contributed by atoms with E-state index in [-0.39, 0.29) is 11.9 Å². The third-order valence-corrected chi connectivity index (χ3v) is 4.25. The lowest BCUT2D eigenvalue weighted by Gasteiger charge is -2.17. The van der Waals surface area contributed by atoms with Crippen LogP contribution in [-0.2, 0) is 17.6 Å². The summed E-state index contributed by atoms with van der Waals surface area (Å²) in [6.07, 6.45) is 1.95. The molecule has 0 bridgehead atoms. The van der Waals surface area contributed by atoms with E-state index in [4.69, 9.17) is 14.2 Å². The van der Waals surface area contributed by atoms with E-state index in [1.165, 1.54) is 0 Å². The monoisotopic (exact) mass is 357 g/mol. The lowest BCUT2D eigenvalue weighted by molar-refractivity contribution is -0.121. The molecule has 0 aliphatic heterocycles. The third-order valence-electron chi connectivity index (χ3n) is 4.25. The molecular formula is C21H27NO4. The maximum Gasteiger partial charge on any atom is 0.224 e. The number of hydrogen-bond donors (Lipinski definition) is 1. The molecule has 26 heavy (non-hydrogen) atoms. The van der Waals surface area contributed by atoms with Crippen molar-refractivity contribution in [2.75, 3.05) is 21.3 Å². The molecule has 0 saturated carbocycles. The van der Waals surface area contributed by atoms with Crippen LogP contribution in [0.25, 0.3) is 0 Å². The van der Waals surface area contributed by atoms with Crippen LogP contribution < -0.4 is 19.5 Å². The number of amides is 1. The van der Waals surface area contributed by atoms with Gasteiger partial charge in [-0.1, -0.05) is 30.3 Å². The van der Waals surface area contributed by atoms with Gasteiger partial charge in [-0.05, 0) is 37.0 Å². The van der Waals surface area contributed by atoms with E-state index >= 15 is 0 Å². The lowest BCUT2D eigenvalue weighted by Crippen LogP contribution is -2.34. The van der Waals surface area contributed by atoms with Gasteiger partial charge in [-0.2, -0.15) is 0 Å². The number of aryl methyl sites for hydroxylation is 1. The van der Waals surface area contributed by atoms with E-state index in [0.717, 1.165) is 29.7 Å².